The molecule has 20 heavy (non-hydrogen) atoms. The van der Waals surface area contributed by atoms with E-state index < -0.39 is 0 Å². The summed E-state index contributed by atoms with van der Waals surface area (Å²) in [5.41, 5.74) is 9.00. The first-order valence-corrected chi connectivity index (χ1v) is 7.70. The van der Waals surface area contributed by atoms with E-state index in [2.05, 4.69) is 25.9 Å². The number of aromatic nitrogens is 3. The summed E-state index contributed by atoms with van der Waals surface area (Å²) >= 11 is 3.54. The fourth-order valence-electron chi connectivity index (χ4n) is 2.73. The van der Waals surface area contributed by atoms with Crippen molar-refractivity contribution in [1.82, 2.24) is 15.0 Å². The van der Waals surface area contributed by atoms with Crippen LogP contribution < -0.4 is 5.73 Å². The van der Waals surface area contributed by atoms with Gasteiger partial charge in [0.05, 0.1) is 10.2 Å². The molecule has 0 saturated heterocycles. The molecular formula is C15H17BrN4. The van der Waals surface area contributed by atoms with Crippen molar-refractivity contribution >= 4 is 21.7 Å². The molecule has 2 aromatic heterocycles. The highest BCUT2D eigenvalue weighted by atomic mass is 79.9. The van der Waals surface area contributed by atoms with Gasteiger partial charge in [0.1, 0.15) is 11.5 Å². The zero-order valence-corrected chi connectivity index (χ0v) is 13.0. The Balaban J connectivity index is 2.08. The summed E-state index contributed by atoms with van der Waals surface area (Å²) in [6.07, 6.45) is 6.66. The minimum absolute atomic E-state index is 0.484. The average molecular weight is 333 g/mol. The first-order valence-electron chi connectivity index (χ1n) is 6.91. The lowest BCUT2D eigenvalue weighted by atomic mass is 10.0. The molecule has 2 N–H and O–H groups in total. The molecule has 0 spiro atoms. The average Bonchev–Trinajstić information content (AvgIpc) is 2.95. The maximum Gasteiger partial charge on any atom is 0.180 e. The number of nitrogens with zero attached hydrogens (tertiary/aromatic N) is 3. The Morgan fingerprint density at radius 1 is 1.25 bits per heavy atom. The van der Waals surface area contributed by atoms with Crippen LogP contribution >= 0.6 is 15.9 Å². The Bertz CT molecular complexity index is 636. The Kier molecular flexibility index (Phi) is 3.70. The van der Waals surface area contributed by atoms with Crippen molar-refractivity contribution in [2.45, 2.75) is 38.5 Å². The van der Waals surface area contributed by atoms with E-state index in [1.165, 1.54) is 25.7 Å². The molecule has 1 fully saturated rings. The van der Waals surface area contributed by atoms with Crippen LogP contribution in [0.15, 0.2) is 22.8 Å². The molecule has 0 bridgehead atoms. The van der Waals surface area contributed by atoms with Gasteiger partial charge in [-0.1, -0.05) is 12.8 Å². The zero-order valence-electron chi connectivity index (χ0n) is 11.4. The number of hydrogen-bond acceptors (Lipinski definition) is 4. The van der Waals surface area contributed by atoms with Gasteiger partial charge in [-0.25, -0.2) is 9.97 Å². The van der Waals surface area contributed by atoms with Crippen LogP contribution in [0.1, 0.15) is 42.9 Å². The van der Waals surface area contributed by atoms with Crippen molar-refractivity contribution in [2.75, 3.05) is 5.73 Å². The van der Waals surface area contributed by atoms with Gasteiger partial charge in [-0.3, -0.25) is 4.98 Å². The van der Waals surface area contributed by atoms with Crippen molar-refractivity contribution in [3.05, 3.63) is 34.1 Å². The lowest BCUT2D eigenvalue weighted by Crippen LogP contribution is -2.06. The summed E-state index contributed by atoms with van der Waals surface area (Å²) in [4.78, 5) is 13.5. The molecule has 1 aliphatic rings. The highest BCUT2D eigenvalue weighted by molar-refractivity contribution is 9.10. The van der Waals surface area contributed by atoms with Crippen LogP contribution in [0.25, 0.3) is 11.5 Å². The second kappa shape index (κ2) is 5.48. The van der Waals surface area contributed by atoms with Gasteiger partial charge in [0, 0.05) is 12.1 Å². The fraction of sp³-hybridized carbons (Fsp3) is 0.400. The molecule has 0 aliphatic heterocycles. The zero-order chi connectivity index (χ0) is 14.1. The standard InChI is InChI=1S/C15H17BrN4/c1-9-6-7-18-11(8-9)15-19-13(10-4-2-3-5-10)12(16)14(17)20-15/h6-8,10H,2-5H2,1H3,(H2,17,19,20). The van der Waals surface area contributed by atoms with Crippen LogP contribution in [0.3, 0.4) is 0 Å². The van der Waals surface area contributed by atoms with Crippen LogP contribution in [0.5, 0.6) is 0 Å². The summed E-state index contributed by atoms with van der Waals surface area (Å²) in [5.74, 6) is 1.61. The number of aryl methyl sites for hydroxylation is 1. The number of nitrogens with two attached hydrogens (primary N) is 1. The number of pyridine rings is 1. The van der Waals surface area contributed by atoms with E-state index in [1.54, 1.807) is 6.20 Å². The van der Waals surface area contributed by atoms with Gasteiger partial charge in [-0.15, -0.1) is 0 Å². The van der Waals surface area contributed by atoms with E-state index in [9.17, 15) is 0 Å². The Hall–Kier alpha value is -1.49. The molecule has 104 valence electrons. The largest absolute Gasteiger partial charge is 0.383 e. The van der Waals surface area contributed by atoms with E-state index in [4.69, 9.17) is 10.7 Å². The Morgan fingerprint density at radius 3 is 2.70 bits per heavy atom. The van der Waals surface area contributed by atoms with Gasteiger partial charge in [-0.2, -0.15) is 0 Å². The maximum absolute atomic E-state index is 6.04. The van der Waals surface area contributed by atoms with E-state index in [0.717, 1.165) is 21.4 Å². The van der Waals surface area contributed by atoms with Gasteiger partial charge in [0.15, 0.2) is 5.82 Å². The Morgan fingerprint density at radius 2 is 2.00 bits per heavy atom. The highest BCUT2D eigenvalue weighted by Crippen LogP contribution is 2.38. The van der Waals surface area contributed by atoms with Crippen molar-refractivity contribution in [1.29, 1.82) is 0 Å². The van der Waals surface area contributed by atoms with Gasteiger partial charge < -0.3 is 5.73 Å². The van der Waals surface area contributed by atoms with Crippen molar-refractivity contribution < 1.29 is 0 Å². The molecule has 2 heterocycles. The van der Waals surface area contributed by atoms with Gasteiger partial charge in [-0.05, 0) is 53.4 Å². The summed E-state index contributed by atoms with van der Waals surface area (Å²) in [5, 5.41) is 0. The quantitative estimate of drug-likeness (QED) is 0.907. The predicted octanol–water partition coefficient (Wildman–Crippen LogP) is 3.85. The molecule has 0 unspecified atom stereocenters. The smallest absolute Gasteiger partial charge is 0.180 e. The summed E-state index contributed by atoms with van der Waals surface area (Å²) < 4.78 is 0.848. The monoisotopic (exact) mass is 332 g/mol. The Labute approximate surface area is 127 Å². The molecular weight excluding hydrogens is 316 g/mol. The van der Waals surface area contributed by atoms with Crippen molar-refractivity contribution in [2.24, 2.45) is 0 Å². The maximum atomic E-state index is 6.04. The summed E-state index contributed by atoms with van der Waals surface area (Å²) in [7, 11) is 0. The molecule has 2 aromatic rings. The minimum atomic E-state index is 0.484. The topological polar surface area (TPSA) is 64.7 Å². The third-order valence-electron chi connectivity index (χ3n) is 3.79. The molecule has 0 amide bonds. The van der Waals surface area contributed by atoms with Gasteiger partial charge in [0.2, 0.25) is 0 Å². The molecule has 0 atom stereocenters. The lowest BCUT2D eigenvalue weighted by molar-refractivity contribution is 0.691. The number of halogens is 1. The van der Waals surface area contributed by atoms with E-state index >= 15 is 0 Å². The van der Waals surface area contributed by atoms with Gasteiger partial charge in [0.25, 0.3) is 0 Å². The third kappa shape index (κ3) is 2.54. The minimum Gasteiger partial charge on any atom is -0.383 e. The van der Waals surface area contributed by atoms with Gasteiger partial charge >= 0.3 is 0 Å². The first kappa shape index (κ1) is 13.5. The van der Waals surface area contributed by atoms with Crippen LogP contribution in [-0.4, -0.2) is 15.0 Å². The molecule has 0 radical (unpaired) electrons. The second-order valence-corrected chi connectivity index (χ2v) is 6.12. The number of nitrogen functional groups attached to an aromatic ring is 1. The molecule has 1 aliphatic carbocycles. The SMILES string of the molecule is Cc1ccnc(-c2nc(N)c(Br)c(C3CCCC3)n2)c1. The van der Waals surface area contributed by atoms with Crippen LogP contribution in [0.2, 0.25) is 0 Å². The summed E-state index contributed by atoms with van der Waals surface area (Å²) in [6.45, 7) is 2.03. The molecule has 1 saturated carbocycles. The fourth-order valence-corrected chi connectivity index (χ4v) is 3.23. The van der Waals surface area contributed by atoms with Crippen LogP contribution in [0.4, 0.5) is 5.82 Å². The van der Waals surface area contributed by atoms with E-state index in [0.29, 0.717) is 17.6 Å². The molecule has 0 aromatic carbocycles. The molecule has 3 rings (SSSR count). The van der Waals surface area contributed by atoms with Crippen LogP contribution in [-0.2, 0) is 0 Å². The van der Waals surface area contributed by atoms with E-state index in [-0.39, 0.29) is 0 Å². The van der Waals surface area contributed by atoms with Crippen molar-refractivity contribution in [3.63, 3.8) is 0 Å². The summed E-state index contributed by atoms with van der Waals surface area (Å²) in [6, 6.07) is 3.95. The second-order valence-electron chi connectivity index (χ2n) is 5.33. The molecule has 5 heteroatoms. The lowest BCUT2D eigenvalue weighted by Gasteiger charge is -2.13. The number of hydrogen-bond donors (Lipinski definition) is 1. The first-order chi connectivity index (χ1) is 9.65. The molecule has 4 nitrogen and oxygen atoms in total. The van der Waals surface area contributed by atoms with Crippen LogP contribution in [0, 0.1) is 6.92 Å². The highest BCUT2D eigenvalue weighted by Gasteiger charge is 2.23. The predicted molar refractivity (Wildman–Crippen MR) is 83.3 cm³/mol. The van der Waals surface area contributed by atoms with Crippen molar-refractivity contribution in [3.8, 4) is 11.5 Å². The number of anilines is 1. The van der Waals surface area contributed by atoms with E-state index in [1.807, 2.05) is 19.1 Å². The third-order valence-corrected chi connectivity index (χ3v) is 4.60. The normalized spacial score (nSPS) is 15.7. The number of rotatable bonds is 2.